The lowest BCUT2D eigenvalue weighted by Gasteiger charge is -2.41. The van der Waals surface area contributed by atoms with Crippen molar-refractivity contribution >= 4 is 0 Å². The van der Waals surface area contributed by atoms with Crippen LogP contribution in [0.2, 0.25) is 0 Å². The fraction of sp³-hybridized carbons (Fsp3) is 1.00. The first-order chi connectivity index (χ1) is 6.16. The molecule has 0 aliphatic rings. The van der Waals surface area contributed by atoms with Crippen LogP contribution in [0.5, 0.6) is 0 Å². The van der Waals surface area contributed by atoms with Crippen molar-refractivity contribution in [1.29, 1.82) is 0 Å². The van der Waals surface area contributed by atoms with Gasteiger partial charge >= 0.3 is 0 Å². The molecule has 80 valence electrons. The third-order valence-corrected chi connectivity index (χ3v) is 3.29. The molecule has 1 unspecified atom stereocenters. The minimum Gasteiger partial charge on any atom is -0.396 e. The molecule has 0 heterocycles. The van der Waals surface area contributed by atoms with Gasteiger partial charge < -0.3 is 14.7 Å². The second-order valence-corrected chi connectivity index (χ2v) is 3.66. The number of aliphatic hydroxyl groups is 2. The number of nitrogens with zero attached hydrogens (tertiary/aromatic N) is 1. The molecule has 2 N–H and O–H groups in total. The molecule has 1 atom stereocenters. The standard InChI is InChI=1S/C10H24NO2/c1-4-11(5-2,7-9-13)10(3)6-8-12/h10,12-13H,4-9H2,1-3H3/q+1. The lowest BCUT2D eigenvalue weighted by molar-refractivity contribution is -0.947. The average Bonchev–Trinajstić information content (AvgIpc) is 2.14. The molecule has 0 aromatic rings. The maximum Gasteiger partial charge on any atom is 0.102 e. The Morgan fingerprint density at radius 3 is 1.92 bits per heavy atom. The molecule has 0 amide bonds. The van der Waals surface area contributed by atoms with Gasteiger partial charge in [-0.15, -0.1) is 0 Å². The number of likely N-dealkylation sites (N-methyl/N-ethyl adjacent to an activating group) is 1. The Bertz CT molecular complexity index is 124. The van der Waals surface area contributed by atoms with Crippen LogP contribution in [-0.2, 0) is 0 Å². The topological polar surface area (TPSA) is 40.5 Å². The quantitative estimate of drug-likeness (QED) is 0.577. The zero-order valence-corrected chi connectivity index (χ0v) is 9.16. The average molecular weight is 190 g/mol. The summed E-state index contributed by atoms with van der Waals surface area (Å²) in [6, 6.07) is 0.437. The lowest BCUT2D eigenvalue weighted by atomic mass is 10.1. The van der Waals surface area contributed by atoms with Crippen LogP contribution in [0.25, 0.3) is 0 Å². The number of quaternary nitrogens is 1. The minimum atomic E-state index is 0.234. The number of hydrogen-bond donors (Lipinski definition) is 2. The van der Waals surface area contributed by atoms with Crippen molar-refractivity contribution in [3.63, 3.8) is 0 Å². The van der Waals surface area contributed by atoms with Crippen molar-refractivity contribution in [2.24, 2.45) is 0 Å². The van der Waals surface area contributed by atoms with Crippen molar-refractivity contribution in [2.75, 3.05) is 32.8 Å². The molecule has 0 fully saturated rings. The molecule has 0 rings (SSSR count). The molecule has 0 spiro atoms. The van der Waals surface area contributed by atoms with Crippen molar-refractivity contribution in [3.05, 3.63) is 0 Å². The summed E-state index contributed by atoms with van der Waals surface area (Å²) in [5.74, 6) is 0. The molecule has 0 radical (unpaired) electrons. The SMILES string of the molecule is CC[N+](CC)(CCO)C(C)CCO. The third kappa shape index (κ3) is 3.25. The van der Waals surface area contributed by atoms with Gasteiger partial charge in [0.05, 0.1) is 25.7 Å². The fourth-order valence-electron chi connectivity index (χ4n) is 2.04. The summed E-state index contributed by atoms with van der Waals surface area (Å²) in [4.78, 5) is 0. The maximum atomic E-state index is 9.00. The number of hydrogen-bond acceptors (Lipinski definition) is 2. The summed E-state index contributed by atoms with van der Waals surface area (Å²) in [5.41, 5.74) is 0. The van der Waals surface area contributed by atoms with E-state index in [1.807, 2.05) is 0 Å². The molecule has 0 bridgehead atoms. The Morgan fingerprint density at radius 2 is 1.62 bits per heavy atom. The summed E-state index contributed by atoms with van der Waals surface area (Å²) in [5, 5.41) is 17.9. The van der Waals surface area contributed by atoms with E-state index < -0.39 is 0 Å². The summed E-state index contributed by atoms with van der Waals surface area (Å²) in [7, 11) is 0. The van der Waals surface area contributed by atoms with Gasteiger partial charge in [0.2, 0.25) is 0 Å². The maximum absolute atomic E-state index is 9.00. The van der Waals surface area contributed by atoms with Crippen LogP contribution >= 0.6 is 0 Å². The van der Waals surface area contributed by atoms with E-state index in [1.165, 1.54) is 0 Å². The monoisotopic (exact) mass is 190 g/mol. The predicted molar refractivity (Wildman–Crippen MR) is 54.5 cm³/mol. The summed E-state index contributed by atoms with van der Waals surface area (Å²) in [6.07, 6.45) is 0.821. The summed E-state index contributed by atoms with van der Waals surface area (Å²) in [6.45, 7) is 9.77. The van der Waals surface area contributed by atoms with Crippen LogP contribution in [0.15, 0.2) is 0 Å². The smallest absolute Gasteiger partial charge is 0.102 e. The third-order valence-electron chi connectivity index (χ3n) is 3.29. The van der Waals surface area contributed by atoms with Crippen molar-refractivity contribution in [3.8, 4) is 0 Å². The van der Waals surface area contributed by atoms with Crippen LogP contribution in [0.3, 0.4) is 0 Å². The van der Waals surface area contributed by atoms with Crippen molar-refractivity contribution in [2.45, 2.75) is 33.2 Å². The first kappa shape index (κ1) is 12.9. The van der Waals surface area contributed by atoms with Gasteiger partial charge in [-0.05, 0) is 20.8 Å². The highest BCUT2D eigenvalue weighted by molar-refractivity contribution is 4.53. The van der Waals surface area contributed by atoms with Gasteiger partial charge in [-0.2, -0.15) is 0 Å². The molecule has 0 aliphatic carbocycles. The van der Waals surface area contributed by atoms with Gasteiger partial charge in [-0.3, -0.25) is 0 Å². The molecule has 3 heteroatoms. The van der Waals surface area contributed by atoms with E-state index in [1.54, 1.807) is 0 Å². The number of rotatable bonds is 7. The van der Waals surface area contributed by atoms with Gasteiger partial charge in [0.25, 0.3) is 0 Å². The molecule has 0 aliphatic heterocycles. The van der Waals surface area contributed by atoms with Crippen molar-refractivity contribution in [1.82, 2.24) is 0 Å². The van der Waals surface area contributed by atoms with Crippen LogP contribution in [0.4, 0.5) is 0 Å². The van der Waals surface area contributed by atoms with E-state index >= 15 is 0 Å². The highest BCUT2D eigenvalue weighted by atomic mass is 16.3. The molecule has 0 saturated carbocycles. The second-order valence-electron chi connectivity index (χ2n) is 3.66. The Kier molecular flexibility index (Phi) is 6.29. The van der Waals surface area contributed by atoms with E-state index in [4.69, 9.17) is 10.2 Å². The Hall–Kier alpha value is -0.120. The fourth-order valence-corrected chi connectivity index (χ4v) is 2.04. The van der Waals surface area contributed by atoms with E-state index in [-0.39, 0.29) is 13.2 Å². The molecular formula is C10H24NO2+. The first-order valence-electron chi connectivity index (χ1n) is 5.24. The van der Waals surface area contributed by atoms with Crippen LogP contribution in [-0.4, -0.2) is 53.6 Å². The Morgan fingerprint density at radius 1 is 1.08 bits per heavy atom. The van der Waals surface area contributed by atoms with Gasteiger partial charge in [0.1, 0.15) is 6.54 Å². The molecule has 0 saturated heterocycles. The van der Waals surface area contributed by atoms with Gasteiger partial charge in [-0.1, -0.05) is 0 Å². The highest BCUT2D eigenvalue weighted by Crippen LogP contribution is 2.15. The molecular weight excluding hydrogens is 166 g/mol. The lowest BCUT2D eigenvalue weighted by Crippen LogP contribution is -2.55. The van der Waals surface area contributed by atoms with E-state index in [0.717, 1.165) is 30.5 Å². The zero-order chi connectivity index (χ0) is 10.3. The van der Waals surface area contributed by atoms with Crippen LogP contribution in [0, 0.1) is 0 Å². The summed E-state index contributed by atoms with van der Waals surface area (Å²) >= 11 is 0. The predicted octanol–water partition coefficient (Wildman–Crippen LogP) is 0.606. The zero-order valence-electron chi connectivity index (χ0n) is 9.16. The van der Waals surface area contributed by atoms with Crippen molar-refractivity contribution < 1.29 is 14.7 Å². The van der Waals surface area contributed by atoms with Crippen LogP contribution in [0.1, 0.15) is 27.2 Å². The van der Waals surface area contributed by atoms with E-state index in [0.29, 0.717) is 6.04 Å². The Labute approximate surface area is 81.6 Å². The first-order valence-corrected chi connectivity index (χ1v) is 5.24. The van der Waals surface area contributed by atoms with E-state index in [9.17, 15) is 0 Å². The highest BCUT2D eigenvalue weighted by Gasteiger charge is 2.29. The normalized spacial score (nSPS) is 14.5. The summed E-state index contributed by atoms with van der Waals surface area (Å²) < 4.78 is 0.914. The van der Waals surface area contributed by atoms with Gasteiger partial charge in [0.15, 0.2) is 0 Å². The molecule has 0 aromatic heterocycles. The second kappa shape index (κ2) is 6.35. The van der Waals surface area contributed by atoms with Gasteiger partial charge in [-0.25, -0.2) is 0 Å². The van der Waals surface area contributed by atoms with Gasteiger partial charge in [0, 0.05) is 13.0 Å². The number of aliphatic hydroxyl groups excluding tert-OH is 2. The van der Waals surface area contributed by atoms with Crippen LogP contribution < -0.4 is 0 Å². The largest absolute Gasteiger partial charge is 0.396 e. The van der Waals surface area contributed by atoms with E-state index in [2.05, 4.69) is 20.8 Å². The molecule has 0 aromatic carbocycles. The molecule has 13 heavy (non-hydrogen) atoms. The minimum absolute atomic E-state index is 0.234. The molecule has 3 nitrogen and oxygen atoms in total. The Balaban J connectivity index is 4.33.